The number of aromatic nitrogens is 1. The van der Waals surface area contributed by atoms with E-state index >= 15 is 0 Å². The SMILES string of the molecule is CC(CN1CCCC1)NC(=O)c1cc(Br)cnc1Cl. The highest BCUT2D eigenvalue weighted by molar-refractivity contribution is 9.10. The molecule has 0 bridgehead atoms. The van der Waals surface area contributed by atoms with Crippen LogP contribution in [-0.2, 0) is 0 Å². The number of carbonyl (C=O) groups excluding carboxylic acids is 1. The number of rotatable bonds is 4. The number of likely N-dealkylation sites (tertiary alicyclic amines) is 1. The summed E-state index contributed by atoms with van der Waals surface area (Å²) in [6, 6.07) is 1.79. The molecule has 1 aliphatic rings. The Morgan fingerprint density at radius 1 is 1.58 bits per heavy atom. The molecule has 1 aliphatic heterocycles. The van der Waals surface area contributed by atoms with Gasteiger partial charge in [0.15, 0.2) is 0 Å². The first-order valence-corrected chi connectivity index (χ1v) is 7.57. The van der Waals surface area contributed by atoms with Gasteiger partial charge in [0, 0.05) is 23.3 Å². The normalized spacial score (nSPS) is 17.4. The molecule has 0 aliphatic carbocycles. The molecule has 1 aromatic heterocycles. The van der Waals surface area contributed by atoms with Crippen LogP contribution in [0.5, 0.6) is 0 Å². The van der Waals surface area contributed by atoms with Crippen molar-refractivity contribution in [2.24, 2.45) is 0 Å². The minimum absolute atomic E-state index is 0.0978. The fourth-order valence-electron chi connectivity index (χ4n) is 2.28. The van der Waals surface area contributed by atoms with Gasteiger partial charge in [0.1, 0.15) is 5.15 Å². The molecule has 0 aromatic carbocycles. The smallest absolute Gasteiger partial charge is 0.254 e. The van der Waals surface area contributed by atoms with E-state index in [0.717, 1.165) is 24.1 Å². The molecular weight excluding hydrogens is 330 g/mol. The van der Waals surface area contributed by atoms with Crippen molar-refractivity contribution in [3.05, 3.63) is 27.5 Å². The Morgan fingerprint density at radius 2 is 2.26 bits per heavy atom. The second-order valence-electron chi connectivity index (χ2n) is 4.87. The number of pyridine rings is 1. The summed E-state index contributed by atoms with van der Waals surface area (Å²) in [6.45, 7) is 5.14. The van der Waals surface area contributed by atoms with Crippen LogP contribution in [0.1, 0.15) is 30.1 Å². The maximum Gasteiger partial charge on any atom is 0.254 e. The van der Waals surface area contributed by atoms with Crippen molar-refractivity contribution in [3.63, 3.8) is 0 Å². The fraction of sp³-hybridized carbons (Fsp3) is 0.538. The largest absolute Gasteiger partial charge is 0.348 e. The average Bonchev–Trinajstić information content (AvgIpc) is 2.84. The summed E-state index contributed by atoms with van der Waals surface area (Å²) < 4.78 is 0.745. The second-order valence-corrected chi connectivity index (χ2v) is 6.15. The highest BCUT2D eigenvalue weighted by Gasteiger charge is 2.18. The number of nitrogens with one attached hydrogen (secondary N) is 1. The van der Waals surface area contributed by atoms with E-state index in [0.29, 0.717) is 5.56 Å². The quantitative estimate of drug-likeness (QED) is 0.853. The van der Waals surface area contributed by atoms with Crippen LogP contribution in [0.3, 0.4) is 0 Å². The lowest BCUT2D eigenvalue weighted by Gasteiger charge is -2.21. The highest BCUT2D eigenvalue weighted by atomic mass is 79.9. The van der Waals surface area contributed by atoms with Crippen LogP contribution in [0.2, 0.25) is 5.15 Å². The fourth-order valence-corrected chi connectivity index (χ4v) is 2.80. The number of hydrogen-bond donors (Lipinski definition) is 1. The third-order valence-corrected chi connectivity index (χ3v) is 3.89. The van der Waals surface area contributed by atoms with Gasteiger partial charge in [-0.1, -0.05) is 11.6 Å². The van der Waals surface area contributed by atoms with Crippen molar-refractivity contribution in [1.82, 2.24) is 15.2 Å². The van der Waals surface area contributed by atoms with Gasteiger partial charge in [-0.3, -0.25) is 4.79 Å². The minimum Gasteiger partial charge on any atom is -0.348 e. The van der Waals surface area contributed by atoms with Gasteiger partial charge in [-0.05, 0) is 54.9 Å². The summed E-state index contributed by atoms with van der Waals surface area (Å²) in [4.78, 5) is 18.5. The van der Waals surface area contributed by atoms with Gasteiger partial charge in [0.2, 0.25) is 0 Å². The molecule has 1 unspecified atom stereocenters. The predicted molar refractivity (Wildman–Crippen MR) is 79.5 cm³/mol. The van der Waals surface area contributed by atoms with Crippen molar-refractivity contribution < 1.29 is 4.79 Å². The molecule has 0 saturated carbocycles. The van der Waals surface area contributed by atoms with Crippen LogP contribution >= 0.6 is 27.5 Å². The molecule has 6 heteroatoms. The molecule has 1 amide bonds. The maximum absolute atomic E-state index is 12.1. The van der Waals surface area contributed by atoms with Gasteiger partial charge < -0.3 is 10.2 Å². The van der Waals surface area contributed by atoms with Crippen LogP contribution in [-0.4, -0.2) is 41.5 Å². The van der Waals surface area contributed by atoms with Gasteiger partial charge in [-0.2, -0.15) is 0 Å². The van der Waals surface area contributed by atoms with Crippen LogP contribution < -0.4 is 5.32 Å². The molecule has 4 nitrogen and oxygen atoms in total. The Bertz CT molecular complexity index is 463. The van der Waals surface area contributed by atoms with Gasteiger partial charge in [-0.25, -0.2) is 4.98 Å². The van der Waals surface area contributed by atoms with Crippen LogP contribution in [0.15, 0.2) is 16.7 Å². The molecule has 0 spiro atoms. The molecule has 1 fully saturated rings. The Kier molecular flexibility index (Phi) is 5.19. The van der Waals surface area contributed by atoms with E-state index in [2.05, 4.69) is 31.1 Å². The van der Waals surface area contributed by atoms with Gasteiger partial charge in [0.05, 0.1) is 5.56 Å². The van der Waals surface area contributed by atoms with Crippen LogP contribution in [0.25, 0.3) is 0 Å². The second kappa shape index (κ2) is 6.68. The molecule has 1 atom stereocenters. The molecular formula is C13H17BrClN3O. The number of halogens is 2. The van der Waals surface area contributed by atoms with E-state index in [1.54, 1.807) is 12.3 Å². The van der Waals surface area contributed by atoms with Crippen molar-refractivity contribution in [2.75, 3.05) is 19.6 Å². The number of hydrogen-bond acceptors (Lipinski definition) is 3. The van der Waals surface area contributed by atoms with E-state index in [-0.39, 0.29) is 17.1 Å². The summed E-state index contributed by atoms with van der Waals surface area (Å²) in [7, 11) is 0. The van der Waals surface area contributed by atoms with E-state index in [9.17, 15) is 4.79 Å². The van der Waals surface area contributed by atoms with Crippen molar-refractivity contribution >= 4 is 33.4 Å². The standard InChI is InChI=1S/C13H17BrClN3O/c1-9(8-18-4-2-3-5-18)17-13(19)11-6-10(14)7-16-12(11)15/h6-7,9H,2-5,8H2,1H3,(H,17,19). The maximum atomic E-state index is 12.1. The summed E-state index contributed by atoms with van der Waals surface area (Å²) >= 11 is 9.23. The Hall–Kier alpha value is -0.650. The van der Waals surface area contributed by atoms with Gasteiger partial charge in [-0.15, -0.1) is 0 Å². The number of nitrogens with zero attached hydrogens (tertiary/aromatic N) is 2. The predicted octanol–water partition coefficient (Wildman–Crippen LogP) is 2.71. The monoisotopic (exact) mass is 345 g/mol. The minimum atomic E-state index is -0.175. The van der Waals surface area contributed by atoms with Gasteiger partial charge in [0.25, 0.3) is 5.91 Å². The molecule has 1 N–H and O–H groups in total. The van der Waals surface area contributed by atoms with E-state index < -0.39 is 0 Å². The zero-order valence-electron chi connectivity index (χ0n) is 10.8. The van der Waals surface area contributed by atoms with Crippen LogP contribution in [0.4, 0.5) is 0 Å². The lowest BCUT2D eigenvalue weighted by Crippen LogP contribution is -2.41. The molecule has 1 saturated heterocycles. The van der Waals surface area contributed by atoms with E-state index in [4.69, 9.17) is 11.6 Å². The Balaban J connectivity index is 1.94. The molecule has 2 heterocycles. The third kappa shape index (κ3) is 4.16. The molecule has 0 radical (unpaired) electrons. The van der Waals surface area contributed by atoms with Gasteiger partial charge >= 0.3 is 0 Å². The number of amides is 1. The van der Waals surface area contributed by atoms with E-state index in [1.165, 1.54) is 12.8 Å². The lowest BCUT2D eigenvalue weighted by molar-refractivity contribution is 0.0931. The summed E-state index contributed by atoms with van der Waals surface area (Å²) in [5.74, 6) is -0.175. The highest BCUT2D eigenvalue weighted by Crippen LogP contribution is 2.18. The molecule has 104 valence electrons. The molecule has 1 aromatic rings. The summed E-state index contributed by atoms with van der Waals surface area (Å²) in [6.07, 6.45) is 4.08. The zero-order chi connectivity index (χ0) is 13.8. The first-order chi connectivity index (χ1) is 9.06. The summed E-state index contributed by atoms with van der Waals surface area (Å²) in [5, 5.41) is 3.20. The van der Waals surface area contributed by atoms with Crippen molar-refractivity contribution in [1.29, 1.82) is 0 Å². The van der Waals surface area contributed by atoms with Crippen molar-refractivity contribution in [3.8, 4) is 0 Å². The van der Waals surface area contributed by atoms with E-state index in [1.807, 2.05) is 6.92 Å². The zero-order valence-corrected chi connectivity index (χ0v) is 13.2. The average molecular weight is 347 g/mol. The van der Waals surface area contributed by atoms with Crippen LogP contribution in [0, 0.1) is 0 Å². The van der Waals surface area contributed by atoms with Crippen molar-refractivity contribution in [2.45, 2.75) is 25.8 Å². The first kappa shape index (κ1) is 14.8. The molecule has 19 heavy (non-hydrogen) atoms. The third-order valence-electron chi connectivity index (χ3n) is 3.16. The first-order valence-electron chi connectivity index (χ1n) is 6.40. The Morgan fingerprint density at radius 3 is 2.95 bits per heavy atom. The lowest BCUT2D eigenvalue weighted by atomic mass is 10.2. The molecule has 2 rings (SSSR count). The number of carbonyl (C=O) groups is 1. The summed E-state index contributed by atoms with van der Waals surface area (Å²) in [5.41, 5.74) is 0.407. The topological polar surface area (TPSA) is 45.2 Å². The Labute approximate surface area is 126 Å².